The van der Waals surface area contributed by atoms with Crippen molar-refractivity contribution in [2.45, 2.75) is 32.7 Å². The monoisotopic (exact) mass is 394 g/mol. The van der Waals surface area contributed by atoms with Gasteiger partial charge >= 0.3 is 0 Å². The fourth-order valence-electron chi connectivity index (χ4n) is 2.95. The van der Waals surface area contributed by atoms with Crippen molar-refractivity contribution >= 4 is 40.2 Å². The maximum absolute atomic E-state index is 11.8. The lowest BCUT2D eigenvalue weighted by molar-refractivity contribution is -0.118. The lowest BCUT2D eigenvalue weighted by Gasteiger charge is -2.15. The first-order chi connectivity index (χ1) is 13.9. The fourth-order valence-corrected chi connectivity index (χ4v) is 2.95. The number of aromatic nitrogens is 4. The molecule has 0 saturated heterocycles. The van der Waals surface area contributed by atoms with Crippen LogP contribution >= 0.6 is 0 Å². The van der Waals surface area contributed by atoms with Gasteiger partial charge in [-0.3, -0.25) is 14.6 Å². The molecule has 0 radical (unpaired) electrons. The molecular weight excluding hydrogens is 372 g/mol. The zero-order chi connectivity index (χ0) is 21.0. The number of anilines is 3. The fraction of sp³-hybridized carbons (Fsp3) is 0.263. The van der Waals surface area contributed by atoms with E-state index in [4.69, 9.17) is 11.5 Å². The van der Waals surface area contributed by atoms with Crippen molar-refractivity contribution in [1.82, 2.24) is 20.2 Å². The van der Waals surface area contributed by atoms with E-state index in [-0.39, 0.29) is 17.5 Å². The van der Waals surface area contributed by atoms with Crippen molar-refractivity contribution in [2.75, 3.05) is 10.6 Å². The predicted molar refractivity (Wildman–Crippen MR) is 110 cm³/mol. The van der Waals surface area contributed by atoms with Gasteiger partial charge in [0.15, 0.2) is 11.5 Å². The Morgan fingerprint density at radius 2 is 2.00 bits per heavy atom. The van der Waals surface area contributed by atoms with Crippen LogP contribution in [-0.4, -0.2) is 38.0 Å². The van der Waals surface area contributed by atoms with Gasteiger partial charge in [-0.25, -0.2) is 0 Å². The van der Waals surface area contributed by atoms with E-state index in [0.717, 1.165) is 22.9 Å². The predicted octanol–water partition coefficient (Wildman–Crippen LogP) is 1.64. The molecule has 0 aliphatic carbocycles. The number of aryl methyl sites for hydroxylation is 1. The van der Waals surface area contributed by atoms with Crippen LogP contribution in [0.3, 0.4) is 0 Å². The van der Waals surface area contributed by atoms with Crippen LogP contribution in [0.25, 0.3) is 10.9 Å². The molecule has 150 valence electrons. The summed E-state index contributed by atoms with van der Waals surface area (Å²) in [5.41, 5.74) is 13.2. The maximum atomic E-state index is 11.8. The summed E-state index contributed by atoms with van der Waals surface area (Å²) in [5.74, 6) is -1.12. The van der Waals surface area contributed by atoms with Crippen molar-refractivity contribution in [2.24, 2.45) is 11.5 Å². The van der Waals surface area contributed by atoms with Crippen molar-refractivity contribution in [3.05, 3.63) is 41.7 Å². The molecule has 0 aliphatic rings. The van der Waals surface area contributed by atoms with Crippen molar-refractivity contribution in [3.63, 3.8) is 0 Å². The second kappa shape index (κ2) is 8.46. The van der Waals surface area contributed by atoms with Crippen molar-refractivity contribution < 1.29 is 9.59 Å². The summed E-state index contributed by atoms with van der Waals surface area (Å²) in [5, 5.41) is 14.5. The molecule has 2 amide bonds. The highest BCUT2D eigenvalue weighted by molar-refractivity contribution is 5.96. The number of hydrogen-bond donors (Lipinski definition) is 4. The van der Waals surface area contributed by atoms with Crippen LogP contribution in [0, 0.1) is 6.92 Å². The molecule has 0 saturated carbocycles. The third-order valence-electron chi connectivity index (χ3n) is 4.30. The molecule has 0 spiro atoms. The SMILES string of the molecule is CCC[C@@H](Nc1nnc(C(N)=O)c(Nc2cc(C)c3ncccc3c2)n1)C(N)=O. The van der Waals surface area contributed by atoms with Gasteiger partial charge in [0.1, 0.15) is 6.04 Å². The summed E-state index contributed by atoms with van der Waals surface area (Å²) in [6, 6.07) is 6.87. The maximum Gasteiger partial charge on any atom is 0.273 e. The standard InChI is InChI=1S/C19H22N8O2/c1-3-5-13(16(20)28)24-19-25-18(15(17(21)29)26-27-19)23-12-8-10(2)14-11(9-12)6-4-7-22-14/h4,6-9,13H,3,5H2,1-2H3,(H2,20,28)(H2,21,29)(H2,23,24,25,27)/t13-/m1/s1. The number of primary amides is 2. The van der Waals surface area contributed by atoms with Crippen LogP contribution in [0.4, 0.5) is 17.5 Å². The molecule has 1 aromatic carbocycles. The Labute approximate surface area is 167 Å². The number of fused-ring (bicyclic) bond motifs is 1. The van der Waals surface area contributed by atoms with Crippen LogP contribution in [0.5, 0.6) is 0 Å². The van der Waals surface area contributed by atoms with E-state index < -0.39 is 17.9 Å². The number of carbonyl (C=O) groups is 2. The number of pyridine rings is 1. The highest BCUT2D eigenvalue weighted by atomic mass is 16.1. The molecule has 1 atom stereocenters. The van der Waals surface area contributed by atoms with Crippen LogP contribution in [0.2, 0.25) is 0 Å². The zero-order valence-electron chi connectivity index (χ0n) is 16.1. The van der Waals surface area contributed by atoms with E-state index in [2.05, 4.69) is 30.8 Å². The Kier molecular flexibility index (Phi) is 5.82. The van der Waals surface area contributed by atoms with E-state index in [1.54, 1.807) is 6.20 Å². The second-order valence-corrected chi connectivity index (χ2v) is 6.58. The number of nitrogens with two attached hydrogens (primary N) is 2. The Balaban J connectivity index is 1.96. The van der Waals surface area contributed by atoms with Gasteiger partial charge in [-0.15, -0.1) is 10.2 Å². The molecule has 3 rings (SSSR count). The van der Waals surface area contributed by atoms with Gasteiger partial charge in [0.25, 0.3) is 5.91 Å². The number of rotatable bonds is 8. The van der Waals surface area contributed by atoms with E-state index in [0.29, 0.717) is 12.1 Å². The third-order valence-corrected chi connectivity index (χ3v) is 4.30. The summed E-state index contributed by atoms with van der Waals surface area (Å²) in [4.78, 5) is 32.0. The Bertz CT molecular complexity index is 1070. The van der Waals surface area contributed by atoms with E-state index >= 15 is 0 Å². The van der Waals surface area contributed by atoms with Crippen LogP contribution in [0.1, 0.15) is 35.8 Å². The van der Waals surface area contributed by atoms with E-state index in [1.807, 2.05) is 38.1 Å². The van der Waals surface area contributed by atoms with E-state index in [1.165, 1.54) is 0 Å². The van der Waals surface area contributed by atoms with Gasteiger partial charge in [-0.2, -0.15) is 4.98 Å². The number of carbonyl (C=O) groups excluding carboxylic acids is 2. The first kappa shape index (κ1) is 19.9. The first-order valence-electron chi connectivity index (χ1n) is 9.11. The molecule has 0 fully saturated rings. The minimum Gasteiger partial charge on any atom is -0.368 e. The number of benzene rings is 1. The summed E-state index contributed by atoms with van der Waals surface area (Å²) in [6.07, 6.45) is 2.98. The van der Waals surface area contributed by atoms with Gasteiger partial charge < -0.3 is 22.1 Å². The number of amides is 2. The molecule has 10 nitrogen and oxygen atoms in total. The molecule has 2 aromatic heterocycles. The minimum atomic E-state index is -0.779. The highest BCUT2D eigenvalue weighted by Gasteiger charge is 2.19. The van der Waals surface area contributed by atoms with Gasteiger partial charge in [-0.05, 0) is 37.1 Å². The molecular formula is C19H22N8O2. The van der Waals surface area contributed by atoms with Gasteiger partial charge in [0, 0.05) is 17.3 Å². The number of nitrogens with one attached hydrogen (secondary N) is 2. The quantitative estimate of drug-likeness (QED) is 0.448. The molecule has 0 unspecified atom stereocenters. The molecule has 29 heavy (non-hydrogen) atoms. The van der Waals surface area contributed by atoms with E-state index in [9.17, 15) is 9.59 Å². The molecule has 2 heterocycles. The zero-order valence-corrected chi connectivity index (χ0v) is 16.1. The molecule has 0 aliphatic heterocycles. The molecule has 0 bridgehead atoms. The third kappa shape index (κ3) is 4.54. The van der Waals surface area contributed by atoms with Crippen LogP contribution in [-0.2, 0) is 4.79 Å². The lowest BCUT2D eigenvalue weighted by Crippen LogP contribution is -2.36. The average Bonchev–Trinajstić information content (AvgIpc) is 2.67. The summed E-state index contributed by atoms with van der Waals surface area (Å²) < 4.78 is 0. The van der Waals surface area contributed by atoms with Crippen LogP contribution < -0.4 is 22.1 Å². The van der Waals surface area contributed by atoms with Crippen LogP contribution in [0.15, 0.2) is 30.5 Å². The average molecular weight is 394 g/mol. The summed E-state index contributed by atoms with van der Waals surface area (Å²) >= 11 is 0. The molecule has 10 heteroatoms. The largest absolute Gasteiger partial charge is 0.368 e. The van der Waals surface area contributed by atoms with Gasteiger partial charge in [0.05, 0.1) is 5.52 Å². The number of hydrogen-bond acceptors (Lipinski definition) is 8. The first-order valence-corrected chi connectivity index (χ1v) is 9.11. The Morgan fingerprint density at radius 3 is 2.69 bits per heavy atom. The van der Waals surface area contributed by atoms with Crippen molar-refractivity contribution in [1.29, 1.82) is 0 Å². The Hall–Kier alpha value is -3.82. The molecule has 6 N–H and O–H groups in total. The summed E-state index contributed by atoms with van der Waals surface area (Å²) in [7, 11) is 0. The van der Waals surface area contributed by atoms with Gasteiger partial charge in [0.2, 0.25) is 11.9 Å². The second-order valence-electron chi connectivity index (χ2n) is 6.58. The minimum absolute atomic E-state index is 0.0638. The highest BCUT2D eigenvalue weighted by Crippen LogP contribution is 2.25. The summed E-state index contributed by atoms with van der Waals surface area (Å²) in [6.45, 7) is 3.86. The topological polar surface area (TPSA) is 162 Å². The van der Waals surface area contributed by atoms with Gasteiger partial charge in [-0.1, -0.05) is 19.4 Å². The van der Waals surface area contributed by atoms with Crippen molar-refractivity contribution in [3.8, 4) is 0 Å². The molecule has 3 aromatic rings. The Morgan fingerprint density at radius 1 is 1.21 bits per heavy atom. The normalized spacial score (nSPS) is 11.8. The lowest BCUT2D eigenvalue weighted by atomic mass is 10.1. The number of nitrogens with zero attached hydrogens (tertiary/aromatic N) is 4. The smallest absolute Gasteiger partial charge is 0.273 e.